The Hall–Kier alpha value is -3.48. The van der Waals surface area contributed by atoms with Crippen LogP contribution in [0.4, 0.5) is 4.39 Å². The molecule has 178 valence electrons. The zero-order valence-electron chi connectivity index (χ0n) is 19.5. The van der Waals surface area contributed by atoms with Crippen LogP contribution in [0.3, 0.4) is 0 Å². The summed E-state index contributed by atoms with van der Waals surface area (Å²) >= 11 is 0. The van der Waals surface area contributed by atoms with Gasteiger partial charge in [-0.3, -0.25) is 14.6 Å². The van der Waals surface area contributed by atoms with E-state index in [1.807, 2.05) is 24.3 Å². The highest BCUT2D eigenvalue weighted by Crippen LogP contribution is 2.41. The molecule has 2 atom stereocenters. The van der Waals surface area contributed by atoms with E-state index in [1.165, 1.54) is 6.07 Å². The molecule has 0 N–H and O–H groups in total. The molecule has 1 fully saturated rings. The van der Waals surface area contributed by atoms with Crippen molar-refractivity contribution in [3.05, 3.63) is 71.7 Å². The molecule has 1 amide bonds. The lowest BCUT2D eigenvalue weighted by Crippen LogP contribution is -2.46. The SMILES string of the molecule is CCCCN1C(=O)CCC(C(=O)OCc2ccc(F)c3cccnc23)C1c1ccccc1OC. The third-order valence-electron chi connectivity index (χ3n) is 6.39. The van der Waals surface area contributed by atoms with E-state index in [4.69, 9.17) is 9.47 Å². The zero-order valence-corrected chi connectivity index (χ0v) is 19.5. The predicted molar refractivity (Wildman–Crippen MR) is 127 cm³/mol. The van der Waals surface area contributed by atoms with Gasteiger partial charge in [0.1, 0.15) is 18.2 Å². The number of carbonyl (C=O) groups is 2. The summed E-state index contributed by atoms with van der Waals surface area (Å²) in [7, 11) is 1.58. The number of hydrogen-bond acceptors (Lipinski definition) is 5. The van der Waals surface area contributed by atoms with Crippen LogP contribution < -0.4 is 4.74 Å². The van der Waals surface area contributed by atoms with E-state index in [-0.39, 0.29) is 24.8 Å². The number of likely N-dealkylation sites (tertiary alicyclic amines) is 1. The number of unbranched alkanes of at least 4 members (excludes halogenated alkanes) is 1. The van der Waals surface area contributed by atoms with Crippen molar-refractivity contribution in [2.45, 2.75) is 45.3 Å². The van der Waals surface area contributed by atoms with Gasteiger partial charge in [0.15, 0.2) is 0 Å². The quantitative estimate of drug-likeness (QED) is 0.428. The van der Waals surface area contributed by atoms with Crippen molar-refractivity contribution in [1.29, 1.82) is 0 Å². The first-order chi connectivity index (χ1) is 16.5. The van der Waals surface area contributed by atoms with E-state index in [9.17, 15) is 14.0 Å². The minimum Gasteiger partial charge on any atom is -0.496 e. The van der Waals surface area contributed by atoms with E-state index in [2.05, 4.69) is 11.9 Å². The van der Waals surface area contributed by atoms with Gasteiger partial charge in [0.05, 0.1) is 24.6 Å². The van der Waals surface area contributed by atoms with Crippen molar-refractivity contribution in [3.63, 3.8) is 0 Å². The number of halogens is 1. The predicted octanol–water partition coefficient (Wildman–Crippen LogP) is 5.21. The lowest BCUT2D eigenvalue weighted by molar-refractivity contribution is -0.158. The minimum absolute atomic E-state index is 0.0231. The van der Waals surface area contributed by atoms with Crippen molar-refractivity contribution in [1.82, 2.24) is 9.88 Å². The van der Waals surface area contributed by atoms with Gasteiger partial charge in [-0.05, 0) is 37.1 Å². The maximum Gasteiger partial charge on any atom is 0.311 e. The Bertz CT molecular complexity index is 1180. The molecule has 1 aliphatic rings. The fourth-order valence-corrected chi connectivity index (χ4v) is 4.66. The first-order valence-corrected chi connectivity index (χ1v) is 11.7. The number of para-hydroxylation sites is 1. The Balaban J connectivity index is 1.62. The van der Waals surface area contributed by atoms with Crippen molar-refractivity contribution < 1.29 is 23.5 Å². The molecule has 0 radical (unpaired) electrons. The van der Waals surface area contributed by atoms with Crippen LogP contribution in [0.2, 0.25) is 0 Å². The number of rotatable bonds is 8. The summed E-state index contributed by atoms with van der Waals surface area (Å²) in [6.45, 7) is 2.61. The van der Waals surface area contributed by atoms with Gasteiger partial charge in [0.25, 0.3) is 0 Å². The average molecular weight is 465 g/mol. The summed E-state index contributed by atoms with van der Waals surface area (Å²) in [6, 6.07) is 13.3. The molecule has 1 saturated heterocycles. The largest absolute Gasteiger partial charge is 0.496 e. The van der Waals surface area contributed by atoms with E-state index < -0.39 is 17.9 Å². The van der Waals surface area contributed by atoms with Gasteiger partial charge in [-0.2, -0.15) is 0 Å². The second kappa shape index (κ2) is 10.6. The van der Waals surface area contributed by atoms with Gasteiger partial charge < -0.3 is 14.4 Å². The maximum atomic E-state index is 14.2. The Morgan fingerprint density at radius 1 is 1.18 bits per heavy atom. The van der Waals surface area contributed by atoms with Gasteiger partial charge in [-0.15, -0.1) is 0 Å². The molecule has 3 aromatic rings. The minimum atomic E-state index is -0.537. The van der Waals surface area contributed by atoms with E-state index >= 15 is 0 Å². The van der Waals surface area contributed by atoms with Crippen LogP contribution in [0.5, 0.6) is 5.75 Å². The molecule has 2 heterocycles. The Morgan fingerprint density at radius 2 is 2.00 bits per heavy atom. The van der Waals surface area contributed by atoms with E-state index in [1.54, 1.807) is 36.4 Å². The van der Waals surface area contributed by atoms with Crippen molar-refractivity contribution in [2.24, 2.45) is 5.92 Å². The maximum absolute atomic E-state index is 14.2. The van der Waals surface area contributed by atoms with Crippen molar-refractivity contribution >= 4 is 22.8 Å². The monoisotopic (exact) mass is 464 g/mol. The molecule has 7 heteroatoms. The second-order valence-corrected chi connectivity index (χ2v) is 8.49. The average Bonchev–Trinajstić information content (AvgIpc) is 2.87. The number of amides is 1. The standard InChI is InChI=1S/C27H29FN2O4/c1-3-4-16-30-24(31)14-12-21(26(30)20-8-5-6-10-23(20)33-2)27(32)34-17-18-11-13-22(28)19-9-7-15-29-25(18)19/h5-11,13,15,21,26H,3-4,12,14,16-17H2,1-2H3. The molecule has 0 spiro atoms. The summed E-state index contributed by atoms with van der Waals surface area (Å²) in [5, 5.41) is 0.386. The van der Waals surface area contributed by atoms with Crippen LogP contribution in [0.15, 0.2) is 54.7 Å². The first-order valence-electron chi connectivity index (χ1n) is 11.7. The van der Waals surface area contributed by atoms with Crippen LogP contribution in [-0.2, 0) is 20.9 Å². The molecular formula is C27H29FN2O4. The Labute approximate surface area is 198 Å². The van der Waals surface area contributed by atoms with E-state index in [0.717, 1.165) is 18.4 Å². The molecule has 4 rings (SSSR count). The molecule has 6 nitrogen and oxygen atoms in total. The summed E-state index contributed by atoms with van der Waals surface area (Å²) in [5.41, 5.74) is 1.90. The van der Waals surface area contributed by atoms with Gasteiger partial charge in [0.2, 0.25) is 5.91 Å². The number of piperidine rings is 1. The number of nitrogens with zero attached hydrogens (tertiary/aromatic N) is 2. The number of aromatic nitrogens is 1. The number of benzene rings is 2. The number of carbonyl (C=O) groups excluding carboxylic acids is 2. The normalized spacial score (nSPS) is 18.2. The number of ether oxygens (including phenoxy) is 2. The number of pyridine rings is 1. The fourth-order valence-electron chi connectivity index (χ4n) is 4.66. The van der Waals surface area contributed by atoms with Gasteiger partial charge in [0, 0.05) is 35.7 Å². The molecule has 0 aliphatic carbocycles. The Morgan fingerprint density at radius 3 is 2.79 bits per heavy atom. The summed E-state index contributed by atoms with van der Waals surface area (Å²) in [5.74, 6) is -0.632. The number of methoxy groups -OCH3 is 1. The van der Waals surface area contributed by atoms with Crippen LogP contribution in [0.25, 0.3) is 10.9 Å². The molecule has 0 saturated carbocycles. The Kier molecular flexibility index (Phi) is 7.40. The molecule has 34 heavy (non-hydrogen) atoms. The van der Waals surface area contributed by atoms with Crippen LogP contribution >= 0.6 is 0 Å². The van der Waals surface area contributed by atoms with Gasteiger partial charge in [-0.1, -0.05) is 37.6 Å². The van der Waals surface area contributed by atoms with Crippen molar-refractivity contribution in [3.8, 4) is 5.75 Å². The lowest BCUT2D eigenvalue weighted by Gasteiger charge is -2.41. The first kappa shape index (κ1) is 23.7. The second-order valence-electron chi connectivity index (χ2n) is 8.49. The molecule has 0 bridgehead atoms. The summed E-state index contributed by atoms with van der Waals surface area (Å²) in [4.78, 5) is 32.4. The van der Waals surface area contributed by atoms with Crippen molar-refractivity contribution in [2.75, 3.05) is 13.7 Å². The van der Waals surface area contributed by atoms with Gasteiger partial charge in [-0.25, -0.2) is 4.39 Å². The highest BCUT2D eigenvalue weighted by molar-refractivity contribution is 5.84. The van der Waals surface area contributed by atoms with Crippen LogP contribution in [0, 0.1) is 11.7 Å². The number of hydrogen-bond donors (Lipinski definition) is 0. The van der Waals surface area contributed by atoms with Gasteiger partial charge >= 0.3 is 5.97 Å². The zero-order chi connectivity index (χ0) is 24.1. The topological polar surface area (TPSA) is 68.7 Å². The fraction of sp³-hybridized carbons (Fsp3) is 0.370. The third-order valence-corrected chi connectivity index (χ3v) is 6.39. The number of esters is 1. The van der Waals surface area contributed by atoms with Crippen LogP contribution in [-0.4, -0.2) is 35.4 Å². The molecule has 2 aromatic carbocycles. The molecule has 1 aromatic heterocycles. The molecular weight excluding hydrogens is 435 g/mol. The molecule has 1 aliphatic heterocycles. The highest BCUT2D eigenvalue weighted by Gasteiger charge is 2.42. The summed E-state index contributed by atoms with van der Waals surface area (Å²) < 4.78 is 25.5. The number of fused-ring (bicyclic) bond motifs is 1. The highest BCUT2D eigenvalue weighted by atomic mass is 19.1. The van der Waals surface area contributed by atoms with Crippen LogP contribution in [0.1, 0.15) is 49.8 Å². The smallest absolute Gasteiger partial charge is 0.311 e. The lowest BCUT2D eigenvalue weighted by atomic mass is 9.83. The third kappa shape index (κ3) is 4.74. The molecule has 2 unspecified atom stereocenters. The summed E-state index contributed by atoms with van der Waals surface area (Å²) in [6.07, 6.45) is 4.04. The van der Waals surface area contributed by atoms with E-state index in [0.29, 0.717) is 35.2 Å².